The maximum Gasteiger partial charge on any atom is 0.0409 e. The number of hydrogen-bond acceptors (Lipinski definition) is 1. The number of halogens is 1. The molecule has 0 unspecified atom stereocenters. The van der Waals surface area contributed by atoms with E-state index in [1.807, 2.05) is 65.8 Å². The van der Waals surface area contributed by atoms with Gasteiger partial charge < -0.3 is 5.73 Å². The molecule has 1 nitrogen and oxygen atoms in total. The predicted molar refractivity (Wildman–Crippen MR) is 73.4 cm³/mol. The zero-order valence-corrected chi connectivity index (χ0v) is 11.7. The molecule has 15 heavy (non-hydrogen) atoms. The summed E-state index contributed by atoms with van der Waals surface area (Å²) >= 11 is 5.67. The Kier molecular flexibility index (Phi) is 25.4. The molecular weight excluding hydrogens is 206 g/mol. The molecule has 1 aromatic rings. The van der Waals surface area contributed by atoms with Crippen molar-refractivity contribution in [2.75, 3.05) is 0 Å². The Labute approximate surface area is 101 Å². The van der Waals surface area contributed by atoms with Crippen LogP contribution < -0.4 is 5.73 Å². The van der Waals surface area contributed by atoms with E-state index in [0.717, 1.165) is 10.6 Å². The minimum atomic E-state index is 0.556. The topological polar surface area (TPSA) is 26.0 Å². The van der Waals surface area contributed by atoms with Crippen molar-refractivity contribution in [2.24, 2.45) is 5.73 Å². The lowest BCUT2D eigenvalue weighted by molar-refractivity contribution is 1.07. The molecule has 2 N–H and O–H groups in total. The fraction of sp³-hybridized carbons (Fsp3) is 0.538. The molecule has 0 saturated heterocycles. The molecule has 90 valence electrons. The molecule has 0 atom stereocenters. The van der Waals surface area contributed by atoms with Crippen molar-refractivity contribution in [1.29, 1.82) is 0 Å². The first kappa shape index (κ1) is 20.0. The fourth-order valence-corrected chi connectivity index (χ4v) is 0.877. The van der Waals surface area contributed by atoms with Gasteiger partial charge in [0, 0.05) is 11.6 Å². The van der Waals surface area contributed by atoms with Crippen molar-refractivity contribution in [2.45, 2.75) is 48.1 Å². The summed E-state index contributed by atoms with van der Waals surface area (Å²) in [6.07, 6.45) is 0. The van der Waals surface area contributed by atoms with E-state index < -0.39 is 0 Å². The molecule has 0 radical (unpaired) electrons. The van der Waals surface area contributed by atoms with Crippen molar-refractivity contribution >= 4 is 11.6 Å². The van der Waals surface area contributed by atoms with E-state index in [4.69, 9.17) is 17.3 Å². The van der Waals surface area contributed by atoms with Crippen LogP contribution in [-0.4, -0.2) is 0 Å². The SMILES string of the molecule is CC.CC.CC.NCc1cccc(Cl)c1. The maximum atomic E-state index is 5.67. The molecule has 0 fully saturated rings. The molecule has 0 heterocycles. The smallest absolute Gasteiger partial charge is 0.0409 e. The third-order valence-electron chi connectivity index (χ3n) is 1.12. The highest BCUT2D eigenvalue weighted by Gasteiger charge is 1.87. The molecule has 2 heteroatoms. The van der Waals surface area contributed by atoms with Crippen LogP contribution in [0, 0.1) is 0 Å². The van der Waals surface area contributed by atoms with E-state index in [0.29, 0.717) is 6.54 Å². The van der Waals surface area contributed by atoms with Gasteiger partial charge in [0.05, 0.1) is 0 Å². The lowest BCUT2D eigenvalue weighted by Gasteiger charge is -1.93. The van der Waals surface area contributed by atoms with E-state index in [9.17, 15) is 0 Å². The molecule has 0 aliphatic heterocycles. The Bertz CT molecular complexity index is 199. The van der Waals surface area contributed by atoms with Crippen LogP contribution in [0.25, 0.3) is 0 Å². The van der Waals surface area contributed by atoms with Crippen LogP contribution in [0.2, 0.25) is 5.02 Å². The summed E-state index contributed by atoms with van der Waals surface area (Å²) in [7, 11) is 0. The van der Waals surface area contributed by atoms with Gasteiger partial charge in [0.2, 0.25) is 0 Å². The van der Waals surface area contributed by atoms with Crippen LogP contribution in [0.15, 0.2) is 24.3 Å². The molecule has 0 aromatic heterocycles. The van der Waals surface area contributed by atoms with Crippen LogP contribution in [0.3, 0.4) is 0 Å². The molecule has 1 aromatic carbocycles. The van der Waals surface area contributed by atoms with Crippen molar-refractivity contribution in [3.8, 4) is 0 Å². The van der Waals surface area contributed by atoms with E-state index in [1.54, 1.807) is 0 Å². The van der Waals surface area contributed by atoms with Crippen LogP contribution in [0.1, 0.15) is 47.1 Å². The fourth-order valence-electron chi connectivity index (χ4n) is 0.664. The molecule has 0 amide bonds. The zero-order chi connectivity index (χ0) is 12.7. The van der Waals surface area contributed by atoms with Gasteiger partial charge in [0.25, 0.3) is 0 Å². The monoisotopic (exact) mass is 231 g/mol. The van der Waals surface area contributed by atoms with E-state index >= 15 is 0 Å². The van der Waals surface area contributed by atoms with Gasteiger partial charge in [-0.1, -0.05) is 65.3 Å². The second-order valence-corrected chi connectivity index (χ2v) is 2.27. The van der Waals surface area contributed by atoms with Gasteiger partial charge >= 0.3 is 0 Å². The number of hydrogen-bond donors (Lipinski definition) is 1. The van der Waals surface area contributed by atoms with E-state index in [1.165, 1.54) is 0 Å². The summed E-state index contributed by atoms with van der Waals surface area (Å²) in [6, 6.07) is 7.54. The third kappa shape index (κ3) is 13.5. The Balaban J connectivity index is -0.000000208. The van der Waals surface area contributed by atoms with Gasteiger partial charge in [0.1, 0.15) is 0 Å². The van der Waals surface area contributed by atoms with Gasteiger partial charge in [-0.2, -0.15) is 0 Å². The van der Waals surface area contributed by atoms with Crippen molar-refractivity contribution in [3.63, 3.8) is 0 Å². The highest BCUT2D eigenvalue weighted by atomic mass is 35.5. The first-order valence-corrected chi connectivity index (χ1v) is 6.15. The number of nitrogens with two attached hydrogens (primary N) is 1. The average molecular weight is 232 g/mol. The second-order valence-electron chi connectivity index (χ2n) is 1.83. The molecule has 0 saturated carbocycles. The summed E-state index contributed by atoms with van der Waals surface area (Å²) in [4.78, 5) is 0. The predicted octanol–water partition coefficient (Wildman–Crippen LogP) is 4.88. The Morgan fingerprint density at radius 2 is 1.47 bits per heavy atom. The second kappa shape index (κ2) is 19.1. The Morgan fingerprint density at radius 3 is 1.73 bits per heavy atom. The lowest BCUT2D eigenvalue weighted by Crippen LogP contribution is -1.94. The minimum Gasteiger partial charge on any atom is -0.326 e. The zero-order valence-electron chi connectivity index (χ0n) is 11.0. The van der Waals surface area contributed by atoms with Gasteiger partial charge in [0.15, 0.2) is 0 Å². The summed E-state index contributed by atoms with van der Waals surface area (Å²) in [5.41, 5.74) is 6.43. The third-order valence-corrected chi connectivity index (χ3v) is 1.36. The van der Waals surface area contributed by atoms with E-state index in [-0.39, 0.29) is 0 Å². The van der Waals surface area contributed by atoms with E-state index in [2.05, 4.69) is 0 Å². The molecule has 0 aliphatic rings. The van der Waals surface area contributed by atoms with Crippen molar-refractivity contribution < 1.29 is 0 Å². The van der Waals surface area contributed by atoms with Crippen LogP contribution >= 0.6 is 11.6 Å². The van der Waals surface area contributed by atoms with Gasteiger partial charge in [-0.3, -0.25) is 0 Å². The highest BCUT2D eigenvalue weighted by molar-refractivity contribution is 6.30. The molecule has 1 rings (SSSR count). The normalized spacial score (nSPS) is 6.93. The molecule has 0 spiro atoms. The molecule has 0 bridgehead atoms. The maximum absolute atomic E-state index is 5.67. The van der Waals surface area contributed by atoms with Crippen LogP contribution in [-0.2, 0) is 6.54 Å². The van der Waals surface area contributed by atoms with Gasteiger partial charge in [-0.05, 0) is 17.7 Å². The minimum absolute atomic E-state index is 0.556. The molecule has 0 aliphatic carbocycles. The summed E-state index contributed by atoms with van der Waals surface area (Å²) in [6.45, 7) is 12.6. The first-order valence-electron chi connectivity index (χ1n) is 5.77. The summed E-state index contributed by atoms with van der Waals surface area (Å²) in [5, 5.41) is 0.748. The quantitative estimate of drug-likeness (QED) is 0.733. The summed E-state index contributed by atoms with van der Waals surface area (Å²) < 4.78 is 0. The number of rotatable bonds is 1. The lowest BCUT2D eigenvalue weighted by atomic mass is 10.2. The van der Waals surface area contributed by atoms with Crippen molar-refractivity contribution in [1.82, 2.24) is 0 Å². The first-order chi connectivity index (χ1) is 7.33. The van der Waals surface area contributed by atoms with Crippen LogP contribution in [0.4, 0.5) is 0 Å². The largest absolute Gasteiger partial charge is 0.326 e. The Morgan fingerprint density at radius 1 is 1.00 bits per heavy atom. The highest BCUT2D eigenvalue weighted by Crippen LogP contribution is 2.09. The van der Waals surface area contributed by atoms with Crippen molar-refractivity contribution in [3.05, 3.63) is 34.9 Å². The van der Waals surface area contributed by atoms with Crippen LogP contribution in [0.5, 0.6) is 0 Å². The van der Waals surface area contributed by atoms with Gasteiger partial charge in [-0.25, -0.2) is 0 Å². The standard InChI is InChI=1S/C7H8ClN.3C2H6/c8-7-3-1-2-6(4-7)5-9;3*1-2/h1-4H,5,9H2;3*1-2H3. The molecular formula is C13H26ClN. The Hall–Kier alpha value is -0.530. The van der Waals surface area contributed by atoms with Gasteiger partial charge in [-0.15, -0.1) is 0 Å². The summed E-state index contributed by atoms with van der Waals surface area (Å²) in [5.74, 6) is 0. The number of benzene rings is 1. The average Bonchev–Trinajstić information content (AvgIpc) is 2.36.